The van der Waals surface area contributed by atoms with Crippen molar-refractivity contribution in [3.63, 3.8) is 0 Å². The summed E-state index contributed by atoms with van der Waals surface area (Å²) in [5.74, 6) is -0.0419. The van der Waals surface area contributed by atoms with Crippen LogP contribution in [0.15, 0.2) is 52.8 Å². The number of fused-ring (bicyclic) bond motifs is 1. The first kappa shape index (κ1) is 12.8. The second-order valence-electron chi connectivity index (χ2n) is 4.69. The molecule has 0 N–H and O–H groups in total. The molecule has 0 aliphatic carbocycles. The summed E-state index contributed by atoms with van der Waals surface area (Å²) in [5.41, 5.74) is 1.50. The average molecular weight is 283 g/mol. The van der Waals surface area contributed by atoms with Gasteiger partial charge in [0.25, 0.3) is 5.56 Å². The van der Waals surface area contributed by atoms with E-state index in [0.29, 0.717) is 10.9 Å². The van der Waals surface area contributed by atoms with Crippen LogP contribution in [0.4, 0.5) is 0 Å². The van der Waals surface area contributed by atoms with E-state index in [0.717, 1.165) is 10.3 Å². The van der Waals surface area contributed by atoms with Gasteiger partial charge in [-0.15, -0.1) is 11.3 Å². The Kier molecular flexibility index (Phi) is 3.24. The molecule has 0 fully saturated rings. The lowest BCUT2D eigenvalue weighted by atomic mass is 10.0. The lowest BCUT2D eigenvalue weighted by Crippen LogP contribution is -2.23. The summed E-state index contributed by atoms with van der Waals surface area (Å²) in [5, 5.41) is 2.56. The number of carbonyl (C=O) groups excluding carboxylic acids is 1. The highest BCUT2D eigenvalue weighted by atomic mass is 32.1. The van der Waals surface area contributed by atoms with Crippen molar-refractivity contribution in [2.75, 3.05) is 0 Å². The van der Waals surface area contributed by atoms with Gasteiger partial charge in [-0.25, -0.2) is 0 Å². The quantitative estimate of drug-likeness (QED) is 0.692. The van der Waals surface area contributed by atoms with Gasteiger partial charge in [0, 0.05) is 16.5 Å². The van der Waals surface area contributed by atoms with Crippen LogP contribution in [0, 0.1) is 6.92 Å². The van der Waals surface area contributed by atoms with E-state index in [9.17, 15) is 9.59 Å². The fraction of sp³-hybridized carbons (Fsp3) is 0.125. The molecule has 0 bridgehead atoms. The maximum Gasteiger partial charge on any atom is 0.259 e. The molecule has 0 spiro atoms. The number of pyridine rings is 1. The molecule has 2 heterocycles. The fourth-order valence-corrected chi connectivity index (χ4v) is 3.03. The van der Waals surface area contributed by atoms with E-state index < -0.39 is 0 Å². The SMILES string of the molecule is Cc1ccccc1C(=O)Cn1ccc2sccc2c1=O. The molecule has 3 rings (SSSR count). The molecule has 1 aromatic carbocycles. The van der Waals surface area contributed by atoms with Gasteiger partial charge in [0.15, 0.2) is 5.78 Å². The van der Waals surface area contributed by atoms with E-state index in [1.165, 1.54) is 15.9 Å². The number of rotatable bonds is 3. The highest BCUT2D eigenvalue weighted by Crippen LogP contribution is 2.16. The number of ketones is 1. The number of thiophene rings is 1. The zero-order valence-electron chi connectivity index (χ0n) is 11.0. The molecule has 0 saturated heterocycles. The molecule has 0 aliphatic heterocycles. The minimum Gasteiger partial charge on any atom is -0.307 e. The number of benzene rings is 1. The standard InChI is InChI=1S/C16H13NO2S/c1-11-4-2-3-5-12(11)14(18)10-17-8-6-15-13(16(17)19)7-9-20-15/h2-9H,10H2,1H3. The summed E-state index contributed by atoms with van der Waals surface area (Å²) in [6.07, 6.45) is 1.69. The van der Waals surface area contributed by atoms with Crippen LogP contribution in [0.2, 0.25) is 0 Å². The lowest BCUT2D eigenvalue weighted by Gasteiger charge is -2.07. The van der Waals surface area contributed by atoms with Gasteiger partial charge in [-0.2, -0.15) is 0 Å². The Morgan fingerprint density at radius 2 is 2.00 bits per heavy atom. The van der Waals surface area contributed by atoms with Crippen LogP contribution in [-0.4, -0.2) is 10.4 Å². The Bertz CT molecular complexity index is 845. The largest absolute Gasteiger partial charge is 0.307 e. The molecule has 20 heavy (non-hydrogen) atoms. The van der Waals surface area contributed by atoms with Crippen LogP contribution < -0.4 is 5.56 Å². The van der Waals surface area contributed by atoms with Crippen LogP contribution in [0.3, 0.4) is 0 Å². The smallest absolute Gasteiger partial charge is 0.259 e. The van der Waals surface area contributed by atoms with Crippen molar-refractivity contribution in [2.24, 2.45) is 0 Å². The van der Waals surface area contributed by atoms with E-state index in [1.54, 1.807) is 18.3 Å². The molecule has 0 aliphatic rings. The van der Waals surface area contributed by atoms with Gasteiger partial charge in [0.05, 0.1) is 11.9 Å². The summed E-state index contributed by atoms with van der Waals surface area (Å²) in [4.78, 5) is 24.6. The Hall–Kier alpha value is -2.20. The third-order valence-electron chi connectivity index (χ3n) is 3.35. The maximum absolute atomic E-state index is 12.3. The molecule has 0 atom stereocenters. The first-order valence-electron chi connectivity index (χ1n) is 6.32. The molecule has 2 aromatic heterocycles. The third kappa shape index (κ3) is 2.18. The number of hydrogen-bond acceptors (Lipinski definition) is 3. The molecule has 100 valence electrons. The van der Waals surface area contributed by atoms with Gasteiger partial charge < -0.3 is 4.57 Å². The van der Waals surface area contributed by atoms with Gasteiger partial charge in [0.1, 0.15) is 0 Å². The van der Waals surface area contributed by atoms with Crippen molar-refractivity contribution in [3.8, 4) is 0 Å². The zero-order chi connectivity index (χ0) is 14.1. The van der Waals surface area contributed by atoms with E-state index >= 15 is 0 Å². The van der Waals surface area contributed by atoms with Gasteiger partial charge in [-0.3, -0.25) is 9.59 Å². The Balaban J connectivity index is 1.97. The molecule has 0 saturated carbocycles. The zero-order valence-corrected chi connectivity index (χ0v) is 11.8. The Morgan fingerprint density at radius 1 is 1.20 bits per heavy atom. The summed E-state index contributed by atoms with van der Waals surface area (Å²) in [7, 11) is 0. The van der Waals surface area contributed by atoms with Gasteiger partial charge in [0.2, 0.25) is 0 Å². The number of aromatic nitrogens is 1. The van der Waals surface area contributed by atoms with Crippen molar-refractivity contribution < 1.29 is 4.79 Å². The first-order chi connectivity index (χ1) is 9.66. The highest BCUT2D eigenvalue weighted by Gasteiger charge is 2.11. The molecule has 0 radical (unpaired) electrons. The number of Topliss-reactive ketones (excluding diaryl/α,β-unsaturated/α-hetero) is 1. The first-order valence-corrected chi connectivity index (χ1v) is 7.20. The van der Waals surface area contributed by atoms with E-state index in [2.05, 4.69) is 0 Å². The number of hydrogen-bond donors (Lipinski definition) is 0. The van der Waals surface area contributed by atoms with E-state index in [-0.39, 0.29) is 17.9 Å². The molecular formula is C16H13NO2S. The third-order valence-corrected chi connectivity index (χ3v) is 4.23. The number of carbonyl (C=O) groups is 1. The minimum absolute atomic E-state index is 0.0419. The summed E-state index contributed by atoms with van der Waals surface area (Å²) >= 11 is 1.53. The van der Waals surface area contributed by atoms with E-state index in [1.807, 2.05) is 36.6 Å². The molecule has 3 nitrogen and oxygen atoms in total. The van der Waals surface area contributed by atoms with Crippen LogP contribution in [-0.2, 0) is 6.54 Å². The Morgan fingerprint density at radius 3 is 2.80 bits per heavy atom. The topological polar surface area (TPSA) is 39.1 Å². The molecule has 4 heteroatoms. The van der Waals surface area contributed by atoms with Crippen LogP contribution in [0.1, 0.15) is 15.9 Å². The lowest BCUT2D eigenvalue weighted by molar-refractivity contribution is 0.0970. The molecular weight excluding hydrogens is 270 g/mol. The monoisotopic (exact) mass is 283 g/mol. The van der Waals surface area contributed by atoms with Crippen molar-refractivity contribution in [2.45, 2.75) is 13.5 Å². The van der Waals surface area contributed by atoms with Crippen molar-refractivity contribution in [3.05, 3.63) is 69.5 Å². The maximum atomic E-state index is 12.3. The average Bonchev–Trinajstić information content (AvgIpc) is 2.91. The normalized spacial score (nSPS) is 10.8. The van der Waals surface area contributed by atoms with Crippen LogP contribution >= 0.6 is 11.3 Å². The van der Waals surface area contributed by atoms with Crippen molar-refractivity contribution in [1.29, 1.82) is 0 Å². The second-order valence-corrected chi connectivity index (χ2v) is 5.63. The predicted octanol–water partition coefficient (Wildman–Crippen LogP) is 3.25. The fourth-order valence-electron chi connectivity index (χ4n) is 2.26. The summed E-state index contributed by atoms with van der Waals surface area (Å²) in [6, 6.07) is 11.1. The number of nitrogens with zero attached hydrogens (tertiary/aromatic N) is 1. The van der Waals surface area contributed by atoms with E-state index in [4.69, 9.17) is 0 Å². The Labute approximate surface area is 120 Å². The molecule has 0 unspecified atom stereocenters. The van der Waals surface area contributed by atoms with Gasteiger partial charge in [-0.05, 0) is 30.0 Å². The number of aryl methyl sites for hydroxylation is 1. The van der Waals surface area contributed by atoms with Crippen LogP contribution in [0.25, 0.3) is 10.1 Å². The molecule has 0 amide bonds. The van der Waals surface area contributed by atoms with Crippen molar-refractivity contribution >= 4 is 27.2 Å². The predicted molar refractivity (Wildman–Crippen MR) is 81.6 cm³/mol. The summed E-state index contributed by atoms with van der Waals surface area (Å²) in [6.45, 7) is 1.98. The second kappa shape index (κ2) is 5.06. The highest BCUT2D eigenvalue weighted by molar-refractivity contribution is 7.17. The summed E-state index contributed by atoms with van der Waals surface area (Å²) < 4.78 is 2.43. The van der Waals surface area contributed by atoms with Crippen LogP contribution in [0.5, 0.6) is 0 Å². The minimum atomic E-state index is -0.106. The molecule has 3 aromatic rings. The van der Waals surface area contributed by atoms with Gasteiger partial charge in [-0.1, -0.05) is 24.3 Å². The van der Waals surface area contributed by atoms with Gasteiger partial charge >= 0.3 is 0 Å². The van der Waals surface area contributed by atoms with Crippen molar-refractivity contribution in [1.82, 2.24) is 4.57 Å².